The Morgan fingerprint density at radius 1 is 0.586 bits per heavy atom. The van der Waals surface area contributed by atoms with E-state index < -0.39 is 0 Å². The molecular weight excluding hydrogens is 372 g/mol. The van der Waals surface area contributed by atoms with Crippen molar-refractivity contribution in [2.24, 2.45) is 59.2 Å². The molecule has 0 aromatic heterocycles. The summed E-state index contributed by atoms with van der Waals surface area (Å²) in [5.41, 5.74) is 0. The van der Waals surface area contributed by atoms with Gasteiger partial charge in [-0.2, -0.15) is 0 Å². The van der Waals surface area contributed by atoms with E-state index in [1.807, 2.05) is 0 Å². The fourth-order valence-electron chi connectivity index (χ4n) is 7.68. The van der Waals surface area contributed by atoms with Crippen LogP contribution in [0.3, 0.4) is 0 Å². The van der Waals surface area contributed by atoms with Crippen LogP contribution in [0, 0.1) is 59.2 Å². The van der Waals surface area contributed by atoms with E-state index in [0.717, 1.165) is 32.1 Å². The molecule has 3 fully saturated rings. The number of methoxy groups -OCH3 is 2. The third-order valence-corrected chi connectivity index (χ3v) is 8.76. The smallest absolute Gasteiger partial charge is 0.0496 e. The Bertz CT molecular complexity index is 446. The third kappa shape index (κ3) is 4.68. The van der Waals surface area contributed by atoms with E-state index in [1.165, 1.54) is 0 Å². The van der Waals surface area contributed by atoms with Crippen LogP contribution < -0.4 is 0 Å². The van der Waals surface area contributed by atoms with Crippen LogP contribution in [-0.2, 0) is 9.47 Å². The van der Waals surface area contributed by atoms with E-state index in [9.17, 15) is 20.4 Å². The van der Waals surface area contributed by atoms with Crippen LogP contribution in [-0.4, -0.2) is 74.3 Å². The molecule has 6 nitrogen and oxygen atoms in total. The van der Waals surface area contributed by atoms with E-state index in [-0.39, 0.29) is 50.1 Å². The summed E-state index contributed by atoms with van der Waals surface area (Å²) in [6.07, 6.45) is 5.16. The molecule has 0 aromatic rings. The van der Waals surface area contributed by atoms with Gasteiger partial charge in [0.25, 0.3) is 0 Å². The molecule has 10 atom stereocenters. The number of aliphatic hydroxyl groups is 4. The first kappa shape index (κ1) is 23.4. The summed E-state index contributed by atoms with van der Waals surface area (Å²) in [7, 11) is 3.45. The van der Waals surface area contributed by atoms with Gasteiger partial charge in [0.15, 0.2) is 0 Å². The molecule has 3 saturated carbocycles. The van der Waals surface area contributed by atoms with Crippen molar-refractivity contribution in [2.45, 2.75) is 32.1 Å². The van der Waals surface area contributed by atoms with E-state index in [2.05, 4.69) is 0 Å². The molecule has 0 spiro atoms. The first-order valence-electron chi connectivity index (χ1n) is 11.5. The van der Waals surface area contributed by atoms with Gasteiger partial charge < -0.3 is 29.9 Å². The van der Waals surface area contributed by atoms with Crippen LogP contribution in [0.2, 0.25) is 0 Å². The summed E-state index contributed by atoms with van der Waals surface area (Å²) in [5.74, 6) is 3.39. The van der Waals surface area contributed by atoms with Gasteiger partial charge in [0.2, 0.25) is 0 Å². The van der Waals surface area contributed by atoms with Crippen LogP contribution in [0.25, 0.3) is 0 Å². The maximum absolute atomic E-state index is 10.0. The molecule has 3 aliphatic carbocycles. The third-order valence-electron chi connectivity index (χ3n) is 8.76. The first-order chi connectivity index (χ1) is 14.1. The highest BCUT2D eigenvalue weighted by molar-refractivity contribution is 5.00. The van der Waals surface area contributed by atoms with Crippen LogP contribution >= 0.6 is 0 Å². The van der Waals surface area contributed by atoms with Gasteiger partial charge in [-0.3, -0.25) is 0 Å². The highest BCUT2D eigenvalue weighted by Gasteiger charge is 2.52. The van der Waals surface area contributed by atoms with Gasteiger partial charge in [-0.15, -0.1) is 0 Å². The normalized spacial score (nSPS) is 45.3. The average Bonchev–Trinajstić information content (AvgIpc) is 3.43. The Morgan fingerprint density at radius 3 is 1.28 bits per heavy atom. The van der Waals surface area contributed by atoms with Crippen molar-refractivity contribution in [3.05, 3.63) is 0 Å². The molecule has 3 aliphatic rings. The van der Waals surface area contributed by atoms with Crippen LogP contribution in [0.1, 0.15) is 32.1 Å². The molecule has 0 amide bonds. The lowest BCUT2D eigenvalue weighted by atomic mass is 9.73. The lowest BCUT2D eigenvalue weighted by Gasteiger charge is -2.33. The summed E-state index contributed by atoms with van der Waals surface area (Å²) in [4.78, 5) is 0. The molecule has 0 bridgehead atoms. The summed E-state index contributed by atoms with van der Waals surface area (Å²) in [5, 5.41) is 39.8. The van der Waals surface area contributed by atoms with Gasteiger partial charge in [-0.25, -0.2) is 0 Å². The average molecular weight is 415 g/mol. The minimum atomic E-state index is 0.167. The zero-order valence-corrected chi connectivity index (χ0v) is 18.2. The summed E-state index contributed by atoms with van der Waals surface area (Å²) >= 11 is 0. The lowest BCUT2D eigenvalue weighted by Crippen LogP contribution is -2.32. The fourth-order valence-corrected chi connectivity index (χ4v) is 7.68. The van der Waals surface area contributed by atoms with E-state index in [4.69, 9.17) is 9.47 Å². The number of hydrogen-bond acceptors (Lipinski definition) is 6. The Labute approximate surface area is 175 Å². The molecule has 0 heterocycles. The molecule has 6 heteroatoms. The number of rotatable bonds is 10. The number of aliphatic hydroxyl groups excluding tert-OH is 4. The maximum atomic E-state index is 10.0. The summed E-state index contributed by atoms with van der Waals surface area (Å²) in [6.45, 7) is 2.00. The Kier molecular flexibility index (Phi) is 8.78. The predicted molar refractivity (Wildman–Crippen MR) is 110 cm³/mol. The van der Waals surface area contributed by atoms with Crippen molar-refractivity contribution in [3.63, 3.8) is 0 Å². The van der Waals surface area contributed by atoms with E-state index in [1.54, 1.807) is 14.2 Å². The Hall–Kier alpha value is -0.240. The molecule has 0 aromatic carbocycles. The highest BCUT2D eigenvalue weighted by atomic mass is 16.5. The maximum Gasteiger partial charge on any atom is 0.0496 e. The number of hydrogen-bond donors (Lipinski definition) is 4. The lowest BCUT2D eigenvalue weighted by molar-refractivity contribution is 0.0445. The molecular formula is C23H42O6. The van der Waals surface area contributed by atoms with Gasteiger partial charge in [-0.05, 0) is 91.3 Å². The minimum Gasteiger partial charge on any atom is -0.396 e. The molecule has 4 N–H and O–H groups in total. The van der Waals surface area contributed by atoms with E-state index in [0.29, 0.717) is 48.7 Å². The van der Waals surface area contributed by atoms with Gasteiger partial charge in [0.05, 0.1) is 0 Å². The standard InChI is InChI=1S/C23H42O6/c1-28-12-20-16(8-24)6-18(10-26)22(20)14-3-4-15(5-14)23-19(11-27)7-17(9-25)21(23)13-29-2/h14-27H,3-13H2,1-2H3/t14?,15?,16?,17?,18?,19?,20?,21?,22-,23+. The van der Waals surface area contributed by atoms with Crippen molar-refractivity contribution in [1.82, 2.24) is 0 Å². The van der Waals surface area contributed by atoms with Crippen LogP contribution in [0.5, 0.6) is 0 Å². The van der Waals surface area contributed by atoms with Crippen molar-refractivity contribution in [3.8, 4) is 0 Å². The summed E-state index contributed by atoms with van der Waals surface area (Å²) < 4.78 is 11.0. The van der Waals surface area contributed by atoms with Crippen LogP contribution in [0.15, 0.2) is 0 Å². The van der Waals surface area contributed by atoms with Gasteiger partial charge >= 0.3 is 0 Å². The van der Waals surface area contributed by atoms with E-state index >= 15 is 0 Å². The molecule has 0 radical (unpaired) electrons. The molecule has 0 aliphatic heterocycles. The zero-order valence-electron chi connectivity index (χ0n) is 18.2. The van der Waals surface area contributed by atoms with Crippen molar-refractivity contribution >= 4 is 0 Å². The van der Waals surface area contributed by atoms with Crippen molar-refractivity contribution in [2.75, 3.05) is 53.9 Å². The zero-order chi connectivity index (χ0) is 21.0. The van der Waals surface area contributed by atoms with Crippen molar-refractivity contribution in [1.29, 1.82) is 0 Å². The highest BCUT2D eigenvalue weighted by Crippen LogP contribution is 2.56. The molecule has 3 rings (SSSR count). The largest absolute Gasteiger partial charge is 0.396 e. The van der Waals surface area contributed by atoms with Gasteiger partial charge in [0.1, 0.15) is 0 Å². The van der Waals surface area contributed by atoms with Crippen molar-refractivity contribution < 1.29 is 29.9 Å². The molecule has 8 unspecified atom stereocenters. The number of ether oxygens (including phenoxy) is 2. The Balaban J connectivity index is 1.75. The topological polar surface area (TPSA) is 99.4 Å². The molecule has 170 valence electrons. The SMILES string of the molecule is COCC1C(CO)CC(CO)[C@@H]1C1CCC([C@@H]2C(CO)CC(CO)C2COC)C1. The molecule has 0 saturated heterocycles. The predicted octanol–water partition coefficient (Wildman–Crippen LogP) is 1.40. The van der Waals surface area contributed by atoms with Crippen LogP contribution in [0.4, 0.5) is 0 Å². The molecule has 29 heavy (non-hydrogen) atoms. The second kappa shape index (κ2) is 10.9. The Morgan fingerprint density at radius 2 is 0.966 bits per heavy atom. The monoisotopic (exact) mass is 414 g/mol. The fraction of sp³-hybridized carbons (Fsp3) is 1.00. The quantitative estimate of drug-likeness (QED) is 0.431. The second-order valence-corrected chi connectivity index (χ2v) is 9.97. The summed E-state index contributed by atoms with van der Waals surface area (Å²) in [6, 6.07) is 0. The minimum absolute atomic E-state index is 0.167. The van der Waals surface area contributed by atoms with Gasteiger partial charge in [-0.1, -0.05) is 0 Å². The second-order valence-electron chi connectivity index (χ2n) is 9.97. The van der Waals surface area contributed by atoms with Gasteiger partial charge in [0, 0.05) is 53.9 Å². The first-order valence-corrected chi connectivity index (χ1v) is 11.5.